The number of nitrogens with one attached hydrogen (secondary N) is 2. The number of halogens is 1. The van der Waals surface area contributed by atoms with Crippen LogP contribution < -0.4 is 20.2 Å². The van der Waals surface area contributed by atoms with E-state index in [2.05, 4.69) is 15.8 Å². The van der Waals surface area contributed by atoms with Crippen molar-refractivity contribution < 1.29 is 19.1 Å². The number of aryl methyl sites for hydroxylation is 1. The molecule has 0 saturated carbocycles. The second kappa shape index (κ2) is 10.5. The number of methoxy groups -OCH3 is 2. The number of benzene rings is 3. The van der Waals surface area contributed by atoms with Crippen LogP contribution in [0.2, 0.25) is 5.02 Å². The second-order valence-corrected chi connectivity index (χ2v) is 7.18. The molecule has 0 unspecified atom stereocenters. The molecule has 7 nitrogen and oxygen atoms in total. The summed E-state index contributed by atoms with van der Waals surface area (Å²) in [6.45, 7) is 1.87. The van der Waals surface area contributed by atoms with Crippen LogP contribution in [0.1, 0.15) is 31.8 Å². The average Bonchev–Trinajstić information content (AvgIpc) is 2.80. The van der Waals surface area contributed by atoms with Crippen molar-refractivity contribution in [2.24, 2.45) is 5.10 Å². The third-order valence-electron chi connectivity index (χ3n) is 4.67. The van der Waals surface area contributed by atoms with Gasteiger partial charge in [-0.05, 0) is 48.9 Å². The van der Waals surface area contributed by atoms with E-state index in [1.54, 1.807) is 42.5 Å². The molecule has 0 aliphatic heterocycles. The SMILES string of the molecule is COc1cc(Cl)c(/C=N/NC(=O)c2ccc(NC(=O)c3ccccc3C)cc2)cc1OC. The smallest absolute Gasteiger partial charge is 0.271 e. The molecular weight excluding hydrogens is 430 g/mol. The van der Waals surface area contributed by atoms with E-state index < -0.39 is 5.91 Å². The minimum absolute atomic E-state index is 0.211. The molecule has 0 atom stereocenters. The number of rotatable bonds is 7. The number of anilines is 1. The Bertz CT molecular complexity index is 1160. The van der Waals surface area contributed by atoms with Gasteiger partial charge < -0.3 is 14.8 Å². The van der Waals surface area contributed by atoms with E-state index in [0.717, 1.165) is 5.56 Å². The molecule has 0 heterocycles. The summed E-state index contributed by atoms with van der Waals surface area (Å²) in [7, 11) is 3.03. The highest BCUT2D eigenvalue weighted by Gasteiger charge is 2.11. The standard InChI is InChI=1S/C24H22ClN3O4/c1-15-6-4-5-7-19(15)24(30)27-18-10-8-16(9-11-18)23(29)28-26-14-17-12-21(31-2)22(32-3)13-20(17)25/h4-14H,1-3H3,(H,27,30)(H,28,29)/b26-14+. The van der Waals surface area contributed by atoms with Crippen molar-refractivity contribution in [2.45, 2.75) is 6.92 Å². The minimum atomic E-state index is -0.408. The Kier molecular flexibility index (Phi) is 7.46. The van der Waals surface area contributed by atoms with E-state index in [4.69, 9.17) is 21.1 Å². The van der Waals surface area contributed by atoms with Crippen LogP contribution in [-0.4, -0.2) is 32.2 Å². The molecule has 0 aromatic heterocycles. The van der Waals surface area contributed by atoms with Crippen molar-refractivity contribution in [3.05, 3.63) is 87.9 Å². The van der Waals surface area contributed by atoms with Crippen LogP contribution in [-0.2, 0) is 0 Å². The predicted molar refractivity (Wildman–Crippen MR) is 125 cm³/mol. The zero-order valence-corrected chi connectivity index (χ0v) is 18.6. The van der Waals surface area contributed by atoms with Crippen LogP contribution in [0.3, 0.4) is 0 Å². The summed E-state index contributed by atoms with van der Waals surface area (Å²) in [4.78, 5) is 24.8. The lowest BCUT2D eigenvalue weighted by Gasteiger charge is -2.09. The fourth-order valence-electron chi connectivity index (χ4n) is 2.92. The van der Waals surface area contributed by atoms with Crippen molar-refractivity contribution in [3.8, 4) is 11.5 Å². The van der Waals surface area contributed by atoms with Crippen molar-refractivity contribution in [3.63, 3.8) is 0 Å². The number of nitrogens with zero attached hydrogens (tertiary/aromatic N) is 1. The monoisotopic (exact) mass is 451 g/mol. The molecule has 0 radical (unpaired) electrons. The molecule has 3 aromatic carbocycles. The van der Waals surface area contributed by atoms with Gasteiger partial charge >= 0.3 is 0 Å². The fourth-order valence-corrected chi connectivity index (χ4v) is 3.13. The Morgan fingerprint density at radius 1 is 0.938 bits per heavy atom. The van der Waals surface area contributed by atoms with Gasteiger partial charge in [0, 0.05) is 28.4 Å². The number of carbonyl (C=O) groups is 2. The van der Waals surface area contributed by atoms with Gasteiger partial charge in [-0.3, -0.25) is 9.59 Å². The second-order valence-electron chi connectivity index (χ2n) is 6.77. The maximum Gasteiger partial charge on any atom is 0.271 e. The molecule has 0 bridgehead atoms. The van der Waals surface area contributed by atoms with Crippen molar-refractivity contribution in [1.82, 2.24) is 5.43 Å². The molecule has 2 amide bonds. The largest absolute Gasteiger partial charge is 0.493 e. The Labute approximate surface area is 191 Å². The van der Waals surface area contributed by atoms with Crippen LogP contribution in [0, 0.1) is 6.92 Å². The van der Waals surface area contributed by atoms with E-state index in [-0.39, 0.29) is 5.91 Å². The molecule has 0 saturated heterocycles. The van der Waals surface area contributed by atoms with Crippen molar-refractivity contribution in [2.75, 3.05) is 19.5 Å². The molecule has 3 aromatic rings. The van der Waals surface area contributed by atoms with Gasteiger partial charge in [-0.2, -0.15) is 5.10 Å². The van der Waals surface area contributed by atoms with Crippen LogP contribution in [0.5, 0.6) is 11.5 Å². The Morgan fingerprint density at radius 2 is 1.59 bits per heavy atom. The number of ether oxygens (including phenoxy) is 2. The Balaban J connectivity index is 1.63. The highest BCUT2D eigenvalue weighted by molar-refractivity contribution is 6.33. The highest BCUT2D eigenvalue weighted by atomic mass is 35.5. The molecule has 164 valence electrons. The molecular formula is C24H22ClN3O4. The maximum atomic E-state index is 12.4. The van der Waals surface area contributed by atoms with Crippen LogP contribution in [0.4, 0.5) is 5.69 Å². The molecule has 0 fully saturated rings. The normalized spacial score (nSPS) is 10.6. The molecule has 8 heteroatoms. The average molecular weight is 452 g/mol. The zero-order chi connectivity index (χ0) is 23.1. The number of carbonyl (C=O) groups excluding carboxylic acids is 2. The van der Waals surface area contributed by atoms with Gasteiger partial charge in [0.05, 0.1) is 25.5 Å². The molecule has 32 heavy (non-hydrogen) atoms. The van der Waals surface area contributed by atoms with Gasteiger partial charge in [-0.25, -0.2) is 5.43 Å². The van der Waals surface area contributed by atoms with E-state index in [0.29, 0.717) is 38.9 Å². The van der Waals surface area contributed by atoms with E-state index in [1.807, 2.05) is 25.1 Å². The summed E-state index contributed by atoms with van der Waals surface area (Å²) < 4.78 is 10.4. The summed E-state index contributed by atoms with van der Waals surface area (Å²) in [6, 6.07) is 17.1. The number of amides is 2. The third kappa shape index (κ3) is 5.44. The van der Waals surface area contributed by atoms with Crippen LogP contribution in [0.25, 0.3) is 0 Å². The first kappa shape index (κ1) is 22.8. The lowest BCUT2D eigenvalue weighted by molar-refractivity contribution is 0.0954. The number of hydrogen-bond donors (Lipinski definition) is 2. The molecule has 0 spiro atoms. The van der Waals surface area contributed by atoms with Gasteiger partial charge in [0.1, 0.15) is 0 Å². The Hall–Kier alpha value is -3.84. The summed E-state index contributed by atoms with van der Waals surface area (Å²) >= 11 is 6.21. The maximum absolute atomic E-state index is 12.4. The summed E-state index contributed by atoms with van der Waals surface area (Å²) in [5.74, 6) is 0.368. The zero-order valence-electron chi connectivity index (χ0n) is 17.8. The van der Waals surface area contributed by atoms with Gasteiger partial charge in [0.25, 0.3) is 11.8 Å². The van der Waals surface area contributed by atoms with E-state index >= 15 is 0 Å². The summed E-state index contributed by atoms with van der Waals surface area (Å²) in [6.07, 6.45) is 1.42. The van der Waals surface area contributed by atoms with Gasteiger partial charge in [-0.15, -0.1) is 0 Å². The molecule has 2 N–H and O–H groups in total. The van der Waals surface area contributed by atoms with E-state index in [9.17, 15) is 9.59 Å². The van der Waals surface area contributed by atoms with Gasteiger partial charge in [0.15, 0.2) is 11.5 Å². The van der Waals surface area contributed by atoms with Crippen LogP contribution in [0.15, 0.2) is 65.8 Å². The lowest BCUT2D eigenvalue weighted by atomic mass is 10.1. The van der Waals surface area contributed by atoms with E-state index in [1.165, 1.54) is 20.4 Å². The van der Waals surface area contributed by atoms with Gasteiger partial charge in [-0.1, -0.05) is 29.8 Å². The van der Waals surface area contributed by atoms with Gasteiger partial charge in [0.2, 0.25) is 0 Å². The molecule has 0 aliphatic rings. The Morgan fingerprint density at radius 3 is 2.25 bits per heavy atom. The molecule has 0 aliphatic carbocycles. The first-order valence-corrected chi connectivity index (χ1v) is 10.0. The molecule has 3 rings (SSSR count). The first-order valence-electron chi connectivity index (χ1n) is 9.65. The number of hydrogen-bond acceptors (Lipinski definition) is 5. The first-order chi connectivity index (χ1) is 15.4. The minimum Gasteiger partial charge on any atom is -0.493 e. The van der Waals surface area contributed by atoms with Crippen molar-refractivity contribution >= 4 is 35.3 Å². The topological polar surface area (TPSA) is 89.0 Å². The lowest BCUT2D eigenvalue weighted by Crippen LogP contribution is -2.18. The predicted octanol–water partition coefficient (Wildman–Crippen LogP) is 4.68. The third-order valence-corrected chi connectivity index (χ3v) is 4.99. The van der Waals surface area contributed by atoms with Crippen LogP contribution >= 0.6 is 11.6 Å². The quantitative estimate of drug-likeness (QED) is 0.403. The summed E-state index contributed by atoms with van der Waals surface area (Å²) in [5.41, 5.74) is 5.44. The highest BCUT2D eigenvalue weighted by Crippen LogP contribution is 2.32. The number of hydrazone groups is 1. The summed E-state index contributed by atoms with van der Waals surface area (Å²) in [5, 5.41) is 7.17. The fraction of sp³-hybridized carbons (Fsp3) is 0.125. The van der Waals surface area contributed by atoms with Crippen molar-refractivity contribution in [1.29, 1.82) is 0 Å².